The highest BCUT2D eigenvalue weighted by Gasteiger charge is 2.45. The summed E-state index contributed by atoms with van der Waals surface area (Å²) < 4.78 is 34.4. The Labute approximate surface area is 237 Å². The number of ether oxygens (including phenoxy) is 2. The summed E-state index contributed by atoms with van der Waals surface area (Å²) in [6, 6.07) is 4.56. The van der Waals surface area contributed by atoms with E-state index in [2.05, 4.69) is 20.3 Å². The number of aldehydes is 1. The van der Waals surface area contributed by atoms with Crippen LogP contribution in [0.25, 0.3) is 11.2 Å². The molecule has 1 amide bonds. The Kier molecular flexibility index (Phi) is 9.62. The Balaban J connectivity index is 1.35. The molecular formula is C24H27N6O11P. The second-order valence-corrected chi connectivity index (χ2v) is 10.3. The normalized spacial score (nSPS) is 22.5. The minimum Gasteiger partial charge on any atom is -0.467 e. The molecule has 4 rings (SSSR count). The number of hydrogen-bond donors (Lipinski definition) is 5. The second kappa shape index (κ2) is 13.2. The van der Waals surface area contributed by atoms with Crippen LogP contribution < -0.4 is 15.6 Å². The smallest absolute Gasteiger partial charge is 0.467 e. The van der Waals surface area contributed by atoms with E-state index < -0.39 is 56.9 Å². The number of nitrogens with two attached hydrogens (primary N) is 1. The number of nitrogens with zero attached hydrogens (tertiary/aromatic N) is 4. The SMILES string of the molecule is COC(=O)[C@H](Cc1ccc(OP(=O)(O)OC[C@H]2O[C@@H](n3cnc4c(N)ncnc43)[C@H](O)[C@@H]2O)cc1)NC(=O)C=CC=O. The fraction of sp³-hybridized carbons (Fsp3) is 0.333. The molecule has 1 fully saturated rings. The van der Waals surface area contributed by atoms with Gasteiger partial charge < -0.3 is 35.3 Å². The predicted molar refractivity (Wildman–Crippen MR) is 141 cm³/mol. The zero-order valence-corrected chi connectivity index (χ0v) is 22.8. The number of aliphatic hydroxyl groups excluding tert-OH is 2. The summed E-state index contributed by atoms with van der Waals surface area (Å²) >= 11 is 0. The molecule has 0 saturated carbocycles. The third-order valence-corrected chi connectivity index (χ3v) is 7.03. The topological polar surface area (TPSA) is 248 Å². The molecule has 224 valence electrons. The Hall–Kier alpha value is -4.25. The summed E-state index contributed by atoms with van der Waals surface area (Å²) in [5, 5.41) is 23.4. The van der Waals surface area contributed by atoms with E-state index in [9.17, 15) is 34.1 Å². The Morgan fingerprint density at radius 1 is 1.21 bits per heavy atom. The maximum absolute atomic E-state index is 12.6. The molecule has 0 bridgehead atoms. The van der Waals surface area contributed by atoms with E-state index in [4.69, 9.17) is 24.3 Å². The third kappa shape index (κ3) is 7.14. The first kappa shape index (κ1) is 30.7. The molecule has 17 nitrogen and oxygen atoms in total. The van der Waals surface area contributed by atoms with Crippen molar-refractivity contribution in [3.63, 3.8) is 0 Å². The fourth-order valence-electron chi connectivity index (χ4n) is 4.08. The molecule has 6 atom stereocenters. The van der Waals surface area contributed by atoms with Crippen LogP contribution in [0.15, 0.2) is 49.1 Å². The van der Waals surface area contributed by atoms with Crippen molar-refractivity contribution < 1.29 is 52.6 Å². The zero-order valence-electron chi connectivity index (χ0n) is 21.9. The van der Waals surface area contributed by atoms with Gasteiger partial charge in [0.15, 0.2) is 17.7 Å². The van der Waals surface area contributed by atoms with Crippen LogP contribution in [-0.4, -0.2) is 90.9 Å². The van der Waals surface area contributed by atoms with Gasteiger partial charge >= 0.3 is 13.8 Å². The highest BCUT2D eigenvalue weighted by molar-refractivity contribution is 7.47. The van der Waals surface area contributed by atoms with Gasteiger partial charge in [-0.3, -0.25) is 23.6 Å². The number of phosphoric acid groups is 1. The highest BCUT2D eigenvalue weighted by Crippen LogP contribution is 2.45. The number of nitrogen functional groups attached to an aromatic ring is 1. The van der Waals surface area contributed by atoms with Gasteiger partial charge in [-0.1, -0.05) is 12.1 Å². The summed E-state index contributed by atoms with van der Waals surface area (Å²) in [5.74, 6) is -1.36. The van der Waals surface area contributed by atoms with Crippen molar-refractivity contribution in [2.24, 2.45) is 0 Å². The Morgan fingerprint density at radius 2 is 1.95 bits per heavy atom. The van der Waals surface area contributed by atoms with E-state index in [0.29, 0.717) is 11.8 Å². The van der Waals surface area contributed by atoms with Crippen LogP contribution in [0.3, 0.4) is 0 Å². The monoisotopic (exact) mass is 606 g/mol. The average molecular weight is 606 g/mol. The number of carbonyl (C=O) groups excluding carboxylic acids is 3. The van der Waals surface area contributed by atoms with Crippen LogP contribution in [0.5, 0.6) is 5.75 Å². The first-order chi connectivity index (χ1) is 20.0. The minimum absolute atomic E-state index is 0.00609. The lowest BCUT2D eigenvalue weighted by molar-refractivity contribution is -0.144. The van der Waals surface area contributed by atoms with Crippen LogP contribution in [0.4, 0.5) is 5.82 Å². The first-order valence-corrected chi connectivity index (χ1v) is 13.7. The van der Waals surface area contributed by atoms with E-state index >= 15 is 0 Å². The van der Waals surface area contributed by atoms with Gasteiger partial charge in [0.05, 0.1) is 20.0 Å². The quantitative estimate of drug-likeness (QED) is 0.0731. The van der Waals surface area contributed by atoms with E-state index in [1.54, 1.807) is 0 Å². The number of nitrogens with one attached hydrogen (secondary N) is 1. The molecule has 0 radical (unpaired) electrons. The maximum atomic E-state index is 12.6. The number of phosphoric ester groups is 1. The summed E-state index contributed by atoms with van der Waals surface area (Å²) in [6.45, 7) is -0.622. The molecule has 1 saturated heterocycles. The van der Waals surface area contributed by atoms with Gasteiger partial charge in [-0.05, 0) is 23.8 Å². The minimum atomic E-state index is -4.73. The zero-order chi connectivity index (χ0) is 30.4. The number of benzene rings is 1. The van der Waals surface area contributed by atoms with E-state index in [0.717, 1.165) is 19.3 Å². The van der Waals surface area contributed by atoms with Crippen molar-refractivity contribution in [1.29, 1.82) is 0 Å². The van der Waals surface area contributed by atoms with Crippen molar-refractivity contribution in [3.8, 4) is 5.75 Å². The summed E-state index contributed by atoms with van der Waals surface area (Å²) in [5.41, 5.74) is 6.82. The number of hydrogen-bond acceptors (Lipinski definition) is 14. The van der Waals surface area contributed by atoms with Crippen LogP contribution >= 0.6 is 7.82 Å². The number of imidazole rings is 1. The number of fused-ring (bicyclic) bond motifs is 1. The van der Waals surface area contributed by atoms with Crippen molar-refractivity contribution in [3.05, 3.63) is 54.6 Å². The van der Waals surface area contributed by atoms with Gasteiger partial charge in [0.2, 0.25) is 5.91 Å². The lowest BCUT2D eigenvalue weighted by Crippen LogP contribution is -2.42. The van der Waals surface area contributed by atoms with Gasteiger partial charge in [0, 0.05) is 12.5 Å². The van der Waals surface area contributed by atoms with Crippen LogP contribution in [0, 0.1) is 0 Å². The molecule has 3 aromatic rings. The lowest BCUT2D eigenvalue weighted by Gasteiger charge is -2.18. The number of amides is 1. The number of carbonyl (C=O) groups is 3. The van der Waals surface area contributed by atoms with Crippen molar-refractivity contribution >= 4 is 43.0 Å². The molecule has 0 aliphatic carbocycles. The largest absolute Gasteiger partial charge is 0.527 e. The number of anilines is 1. The lowest BCUT2D eigenvalue weighted by atomic mass is 10.1. The van der Waals surface area contributed by atoms with Crippen LogP contribution in [0.2, 0.25) is 0 Å². The summed E-state index contributed by atoms with van der Waals surface area (Å²) in [7, 11) is -3.58. The predicted octanol–water partition coefficient (Wildman–Crippen LogP) is -0.821. The molecule has 3 heterocycles. The maximum Gasteiger partial charge on any atom is 0.527 e. The number of aromatic nitrogens is 4. The van der Waals surface area contributed by atoms with E-state index in [-0.39, 0.29) is 29.2 Å². The molecule has 6 N–H and O–H groups in total. The molecular weight excluding hydrogens is 579 g/mol. The van der Waals surface area contributed by atoms with Gasteiger partial charge in [-0.2, -0.15) is 0 Å². The van der Waals surface area contributed by atoms with Crippen molar-refractivity contribution in [1.82, 2.24) is 24.8 Å². The fourth-order valence-corrected chi connectivity index (χ4v) is 4.86. The van der Waals surface area contributed by atoms with Gasteiger partial charge in [-0.15, -0.1) is 0 Å². The molecule has 18 heteroatoms. The molecule has 1 aliphatic rings. The second-order valence-electron chi connectivity index (χ2n) is 8.91. The average Bonchev–Trinajstić information content (AvgIpc) is 3.52. The molecule has 1 aliphatic heterocycles. The molecule has 1 unspecified atom stereocenters. The standard InChI is InChI=1S/C24H27N6O11P/c1-38-24(35)15(29-17(32)3-2-8-31)9-13-4-6-14(7-5-13)41-42(36,37)39-10-16-19(33)20(34)23(40-16)30-12-28-18-21(25)26-11-27-22(18)30/h2-8,11-12,15-16,19-20,23,33-34H,9-10H2,1H3,(H,29,32)(H,36,37)(H2,25,26,27)/t15-,16+,19+,20+,23+/m0/s1. The molecule has 42 heavy (non-hydrogen) atoms. The number of rotatable bonds is 12. The Morgan fingerprint density at radius 3 is 2.64 bits per heavy atom. The van der Waals surface area contributed by atoms with Crippen LogP contribution in [-0.2, 0) is 39.4 Å². The summed E-state index contributed by atoms with van der Waals surface area (Å²) in [4.78, 5) is 56.5. The van der Waals surface area contributed by atoms with Gasteiger partial charge in [-0.25, -0.2) is 24.3 Å². The van der Waals surface area contributed by atoms with Crippen molar-refractivity contribution in [2.75, 3.05) is 19.5 Å². The highest BCUT2D eigenvalue weighted by atomic mass is 31.2. The van der Waals surface area contributed by atoms with Crippen LogP contribution in [0.1, 0.15) is 11.8 Å². The summed E-state index contributed by atoms with van der Waals surface area (Å²) in [6.07, 6.45) is -0.487. The van der Waals surface area contributed by atoms with Gasteiger partial charge in [0.25, 0.3) is 0 Å². The van der Waals surface area contributed by atoms with E-state index in [1.165, 1.54) is 41.5 Å². The first-order valence-electron chi connectivity index (χ1n) is 12.2. The Bertz CT molecular complexity index is 1510. The number of methoxy groups -OCH3 is 1. The third-order valence-electron chi connectivity index (χ3n) is 6.11. The number of aliphatic hydroxyl groups is 2. The van der Waals surface area contributed by atoms with E-state index in [1.807, 2.05) is 0 Å². The number of allylic oxidation sites excluding steroid dienone is 1. The molecule has 0 spiro atoms. The number of esters is 1. The molecule has 1 aromatic carbocycles. The molecule has 2 aromatic heterocycles. The van der Waals surface area contributed by atoms with Crippen molar-refractivity contribution in [2.45, 2.75) is 37.0 Å². The van der Waals surface area contributed by atoms with Gasteiger partial charge in [0.1, 0.15) is 48.2 Å².